The fourth-order valence-electron chi connectivity index (χ4n) is 3.30. The van der Waals surface area contributed by atoms with Crippen LogP contribution in [0.3, 0.4) is 0 Å². The van der Waals surface area contributed by atoms with E-state index in [4.69, 9.17) is 16.3 Å². The van der Waals surface area contributed by atoms with Gasteiger partial charge in [-0.05, 0) is 43.0 Å². The maximum Gasteiger partial charge on any atom is 0.247 e. The number of hydrogen-bond acceptors (Lipinski definition) is 6. The average molecular weight is 445 g/mol. The first-order valence-electron chi connectivity index (χ1n) is 9.34. The normalized spacial score (nSPS) is 15.1. The molecule has 0 saturated carbocycles. The highest BCUT2D eigenvalue weighted by atomic mass is 35.5. The summed E-state index contributed by atoms with van der Waals surface area (Å²) >= 11 is 7.52. The predicted molar refractivity (Wildman–Crippen MR) is 114 cm³/mol. The van der Waals surface area contributed by atoms with Crippen LogP contribution in [0.2, 0.25) is 5.02 Å². The van der Waals surface area contributed by atoms with Crippen molar-refractivity contribution in [2.45, 2.75) is 31.1 Å². The quantitative estimate of drug-likeness (QED) is 0.510. The summed E-state index contributed by atoms with van der Waals surface area (Å²) in [5.74, 6) is -0.446. The molecule has 2 heterocycles. The SMILES string of the molecule is CCCC(=O)N1c2ccc(F)cc2-c2nnc(SC)nc2O[C@@H]1c1cccc(Cl)c1. The number of carbonyl (C=O) groups excluding carboxylic acids is 1. The van der Waals surface area contributed by atoms with E-state index in [2.05, 4.69) is 15.2 Å². The van der Waals surface area contributed by atoms with Gasteiger partial charge in [-0.2, -0.15) is 4.98 Å². The minimum Gasteiger partial charge on any atom is -0.447 e. The average Bonchev–Trinajstić information content (AvgIpc) is 2.87. The Bertz CT molecular complexity index is 1110. The first kappa shape index (κ1) is 20.6. The Morgan fingerprint density at radius 3 is 2.83 bits per heavy atom. The molecule has 0 radical (unpaired) electrons. The molecule has 0 saturated heterocycles. The number of fused-ring (bicyclic) bond motifs is 3. The molecule has 4 rings (SSSR count). The molecule has 0 bridgehead atoms. The van der Waals surface area contributed by atoms with Crippen LogP contribution in [0.4, 0.5) is 10.1 Å². The molecule has 1 aromatic heterocycles. The highest BCUT2D eigenvalue weighted by Crippen LogP contribution is 2.44. The van der Waals surface area contributed by atoms with Crippen LogP contribution < -0.4 is 9.64 Å². The number of carbonyl (C=O) groups is 1. The molecule has 9 heteroatoms. The third-order valence-electron chi connectivity index (χ3n) is 4.62. The van der Waals surface area contributed by atoms with Gasteiger partial charge in [-0.25, -0.2) is 4.39 Å². The van der Waals surface area contributed by atoms with Gasteiger partial charge >= 0.3 is 0 Å². The molecule has 2 aromatic carbocycles. The number of benzene rings is 2. The van der Waals surface area contributed by atoms with Crippen molar-refractivity contribution in [3.63, 3.8) is 0 Å². The van der Waals surface area contributed by atoms with E-state index < -0.39 is 12.0 Å². The van der Waals surface area contributed by atoms with Crippen LogP contribution in [-0.4, -0.2) is 27.3 Å². The largest absolute Gasteiger partial charge is 0.447 e. The molecule has 1 atom stereocenters. The van der Waals surface area contributed by atoms with Crippen LogP contribution in [0.5, 0.6) is 5.88 Å². The zero-order valence-corrected chi connectivity index (χ0v) is 17.9. The number of halogens is 2. The van der Waals surface area contributed by atoms with E-state index in [0.717, 1.165) is 0 Å². The number of hydrogen-bond donors (Lipinski definition) is 0. The topological polar surface area (TPSA) is 68.2 Å². The summed E-state index contributed by atoms with van der Waals surface area (Å²) in [4.78, 5) is 19.2. The maximum absolute atomic E-state index is 14.2. The lowest BCUT2D eigenvalue weighted by Gasteiger charge is -2.31. The Hall–Kier alpha value is -2.71. The molecule has 0 fully saturated rings. The van der Waals surface area contributed by atoms with Crippen molar-refractivity contribution in [2.24, 2.45) is 0 Å². The summed E-state index contributed by atoms with van der Waals surface area (Å²) in [6.07, 6.45) is 1.91. The third-order valence-corrected chi connectivity index (χ3v) is 5.39. The number of thioether (sulfide) groups is 1. The van der Waals surface area contributed by atoms with Gasteiger partial charge in [0.2, 0.25) is 23.2 Å². The van der Waals surface area contributed by atoms with E-state index in [1.807, 2.05) is 19.2 Å². The second kappa shape index (κ2) is 8.57. The standard InChI is InChI=1S/C21H18ClFN4O2S/c1-3-5-17(28)27-16-9-8-14(23)11-15(16)18-19(24-21(30-2)26-25-18)29-20(27)12-6-4-7-13(22)10-12/h4,6-11,20H,3,5H2,1-2H3/t20-/m1/s1. The molecule has 0 aliphatic carbocycles. The minimum atomic E-state index is -0.848. The summed E-state index contributed by atoms with van der Waals surface area (Å²) in [7, 11) is 0. The van der Waals surface area contributed by atoms with Crippen molar-refractivity contribution < 1.29 is 13.9 Å². The van der Waals surface area contributed by atoms with Gasteiger partial charge < -0.3 is 4.74 Å². The van der Waals surface area contributed by atoms with E-state index in [1.165, 1.54) is 28.8 Å². The molecule has 0 spiro atoms. The Balaban J connectivity index is 1.99. The lowest BCUT2D eigenvalue weighted by atomic mass is 10.1. The first-order valence-corrected chi connectivity index (χ1v) is 10.9. The fourth-order valence-corrected chi connectivity index (χ4v) is 3.80. The predicted octanol–water partition coefficient (Wildman–Crippen LogP) is 5.28. The van der Waals surface area contributed by atoms with Crippen molar-refractivity contribution in [2.75, 3.05) is 11.2 Å². The van der Waals surface area contributed by atoms with E-state index in [-0.39, 0.29) is 17.5 Å². The van der Waals surface area contributed by atoms with Crippen molar-refractivity contribution in [1.29, 1.82) is 0 Å². The second-order valence-corrected chi connectivity index (χ2v) is 7.86. The van der Waals surface area contributed by atoms with E-state index in [1.54, 1.807) is 24.3 Å². The summed E-state index contributed by atoms with van der Waals surface area (Å²) in [5.41, 5.74) is 1.82. The Labute approximate surface area is 182 Å². The van der Waals surface area contributed by atoms with Crippen molar-refractivity contribution in [1.82, 2.24) is 15.2 Å². The fraction of sp³-hybridized carbons (Fsp3) is 0.238. The summed E-state index contributed by atoms with van der Waals surface area (Å²) in [5, 5.41) is 9.22. The molecular weight excluding hydrogens is 427 g/mol. The zero-order valence-electron chi connectivity index (χ0n) is 16.3. The van der Waals surface area contributed by atoms with Crippen LogP contribution in [0.1, 0.15) is 31.6 Å². The number of ether oxygens (including phenoxy) is 1. The summed E-state index contributed by atoms with van der Waals surface area (Å²) < 4.78 is 20.4. The highest BCUT2D eigenvalue weighted by Gasteiger charge is 2.36. The number of aromatic nitrogens is 3. The molecule has 0 unspecified atom stereocenters. The number of nitrogens with zero attached hydrogens (tertiary/aromatic N) is 4. The van der Waals surface area contributed by atoms with Crippen molar-refractivity contribution in [3.05, 3.63) is 58.9 Å². The lowest BCUT2D eigenvalue weighted by molar-refractivity contribution is -0.120. The van der Waals surface area contributed by atoms with E-state index in [0.29, 0.717) is 39.8 Å². The molecule has 1 aliphatic rings. The molecular formula is C21H18ClFN4O2S. The van der Waals surface area contributed by atoms with Crippen molar-refractivity contribution in [3.8, 4) is 17.1 Å². The number of amides is 1. The minimum absolute atomic E-state index is 0.166. The van der Waals surface area contributed by atoms with Gasteiger partial charge in [0.05, 0.1) is 5.69 Å². The van der Waals surface area contributed by atoms with Gasteiger partial charge in [0.1, 0.15) is 5.82 Å². The van der Waals surface area contributed by atoms with Crippen LogP contribution in [-0.2, 0) is 4.79 Å². The van der Waals surface area contributed by atoms with Gasteiger partial charge in [0.15, 0.2) is 5.69 Å². The smallest absolute Gasteiger partial charge is 0.247 e. The van der Waals surface area contributed by atoms with Crippen LogP contribution in [0.25, 0.3) is 11.3 Å². The lowest BCUT2D eigenvalue weighted by Crippen LogP contribution is -2.37. The third kappa shape index (κ3) is 3.85. The molecule has 1 amide bonds. The second-order valence-electron chi connectivity index (χ2n) is 6.65. The van der Waals surface area contributed by atoms with Gasteiger partial charge in [-0.1, -0.05) is 42.4 Å². The maximum atomic E-state index is 14.2. The Morgan fingerprint density at radius 1 is 1.27 bits per heavy atom. The van der Waals surface area contributed by atoms with Crippen LogP contribution in [0.15, 0.2) is 47.6 Å². The van der Waals surface area contributed by atoms with Crippen LogP contribution >= 0.6 is 23.4 Å². The summed E-state index contributed by atoms with van der Waals surface area (Å²) in [6, 6.07) is 11.3. The van der Waals surface area contributed by atoms with E-state index >= 15 is 0 Å². The number of rotatable bonds is 4. The van der Waals surface area contributed by atoms with Gasteiger partial charge in [0, 0.05) is 22.6 Å². The molecule has 30 heavy (non-hydrogen) atoms. The highest BCUT2D eigenvalue weighted by molar-refractivity contribution is 7.98. The molecule has 154 valence electrons. The van der Waals surface area contributed by atoms with E-state index in [9.17, 15) is 9.18 Å². The molecule has 6 nitrogen and oxygen atoms in total. The number of anilines is 1. The molecule has 3 aromatic rings. The van der Waals surface area contributed by atoms with Gasteiger partial charge in [-0.3, -0.25) is 9.69 Å². The van der Waals surface area contributed by atoms with Gasteiger partial charge in [0.25, 0.3) is 0 Å². The van der Waals surface area contributed by atoms with Crippen molar-refractivity contribution >= 4 is 35.0 Å². The van der Waals surface area contributed by atoms with Crippen LogP contribution in [0, 0.1) is 5.82 Å². The monoisotopic (exact) mass is 444 g/mol. The molecule has 0 N–H and O–H groups in total. The Kier molecular flexibility index (Phi) is 5.87. The molecule has 1 aliphatic heterocycles. The van der Waals surface area contributed by atoms with Gasteiger partial charge in [-0.15, -0.1) is 10.2 Å². The summed E-state index contributed by atoms with van der Waals surface area (Å²) in [6.45, 7) is 1.92. The first-order chi connectivity index (χ1) is 14.5. The zero-order chi connectivity index (χ0) is 21.3. The Morgan fingerprint density at radius 2 is 2.10 bits per heavy atom.